The maximum Gasteiger partial charge on any atom is 0.266 e. The van der Waals surface area contributed by atoms with E-state index < -0.39 is 11.6 Å². The molecule has 1 unspecified atom stereocenters. The Labute approximate surface area is 235 Å². The average molecular weight is 559 g/mol. The van der Waals surface area contributed by atoms with Gasteiger partial charge in [0.05, 0.1) is 28.3 Å². The van der Waals surface area contributed by atoms with Crippen LogP contribution in [0.4, 0.5) is 11.4 Å². The number of carbonyl (C=O) groups excluding carboxylic acids is 3. The Morgan fingerprint density at radius 3 is 2.62 bits per heavy atom. The van der Waals surface area contributed by atoms with Crippen molar-refractivity contribution in [1.82, 2.24) is 9.55 Å². The minimum absolute atomic E-state index is 0.0393. The first-order chi connectivity index (χ1) is 19.1. The van der Waals surface area contributed by atoms with Crippen molar-refractivity contribution in [1.29, 1.82) is 0 Å². The Morgan fingerprint density at radius 2 is 1.90 bits per heavy atom. The number of carbonyl (C=O) groups is 3. The summed E-state index contributed by atoms with van der Waals surface area (Å²) < 4.78 is 6.84. The first kappa shape index (κ1) is 27.3. The summed E-state index contributed by atoms with van der Waals surface area (Å²) in [5.41, 5.74) is 3.76. The first-order valence-corrected chi connectivity index (χ1v) is 13.9. The molecule has 10 heteroatoms. The Bertz CT molecular complexity index is 1740. The molecule has 0 bridgehead atoms. The molecule has 1 aliphatic heterocycles. The van der Waals surface area contributed by atoms with Crippen LogP contribution in [-0.4, -0.2) is 40.3 Å². The minimum Gasteiger partial charge on any atom is -0.482 e. The monoisotopic (exact) mass is 558 g/mol. The van der Waals surface area contributed by atoms with Gasteiger partial charge in [0.1, 0.15) is 10.6 Å². The standard InChI is InChI=1S/C30H30N4O5S/c1-6-11-33-22-13-20(8-10-23(22)39-14-24(33)35)26(36)19(5)34-15-31-29-25(30(34)38)18(4)27(40-29)28(37)32-21-9-7-16(2)12-17(21)3/h7-10,12-13,15,19H,6,11,14H2,1-5H3,(H,32,37). The van der Waals surface area contributed by atoms with E-state index in [0.717, 1.165) is 28.9 Å². The van der Waals surface area contributed by atoms with Gasteiger partial charge in [-0.2, -0.15) is 0 Å². The number of hydrogen-bond acceptors (Lipinski definition) is 7. The van der Waals surface area contributed by atoms with E-state index in [9.17, 15) is 19.2 Å². The number of nitrogens with zero attached hydrogens (tertiary/aromatic N) is 3. The summed E-state index contributed by atoms with van der Waals surface area (Å²) in [7, 11) is 0. The van der Waals surface area contributed by atoms with Gasteiger partial charge in [-0.1, -0.05) is 24.6 Å². The van der Waals surface area contributed by atoms with E-state index in [4.69, 9.17) is 4.74 Å². The molecule has 1 aliphatic rings. The van der Waals surface area contributed by atoms with Crippen molar-refractivity contribution < 1.29 is 19.1 Å². The van der Waals surface area contributed by atoms with Crippen molar-refractivity contribution in [2.75, 3.05) is 23.4 Å². The summed E-state index contributed by atoms with van der Waals surface area (Å²) in [6.07, 6.45) is 2.11. The van der Waals surface area contributed by atoms with Crippen LogP contribution < -0.4 is 20.5 Å². The van der Waals surface area contributed by atoms with Gasteiger partial charge < -0.3 is 15.0 Å². The first-order valence-electron chi connectivity index (χ1n) is 13.1. The normalized spacial score (nSPS) is 13.6. The van der Waals surface area contributed by atoms with E-state index in [1.54, 1.807) is 36.9 Å². The summed E-state index contributed by atoms with van der Waals surface area (Å²) >= 11 is 1.15. The predicted molar refractivity (Wildman–Crippen MR) is 156 cm³/mol. The fourth-order valence-corrected chi connectivity index (χ4v) is 5.99. The molecule has 2 amide bonds. The van der Waals surface area contributed by atoms with Gasteiger partial charge in [0.25, 0.3) is 17.4 Å². The number of nitrogens with one attached hydrogen (secondary N) is 1. The summed E-state index contributed by atoms with van der Waals surface area (Å²) in [5.74, 6) is -0.243. The van der Waals surface area contributed by atoms with Crippen LogP contribution in [-0.2, 0) is 4.79 Å². The minimum atomic E-state index is -0.867. The summed E-state index contributed by atoms with van der Waals surface area (Å²) in [6, 6.07) is 9.86. The summed E-state index contributed by atoms with van der Waals surface area (Å²) in [6.45, 7) is 9.71. The van der Waals surface area contributed by atoms with Gasteiger partial charge in [-0.05, 0) is 69.5 Å². The lowest BCUT2D eigenvalue weighted by molar-refractivity contribution is -0.121. The van der Waals surface area contributed by atoms with E-state index in [0.29, 0.717) is 49.9 Å². The van der Waals surface area contributed by atoms with Crippen LogP contribution in [0.5, 0.6) is 5.75 Å². The number of benzene rings is 2. The molecular formula is C30H30N4O5S. The van der Waals surface area contributed by atoms with E-state index >= 15 is 0 Å². The maximum atomic E-state index is 13.6. The van der Waals surface area contributed by atoms with Crippen LogP contribution in [0.3, 0.4) is 0 Å². The van der Waals surface area contributed by atoms with Gasteiger partial charge in [-0.3, -0.25) is 23.7 Å². The topological polar surface area (TPSA) is 111 Å². The molecule has 9 nitrogen and oxygen atoms in total. The second-order valence-electron chi connectivity index (χ2n) is 10.0. The van der Waals surface area contributed by atoms with E-state index in [1.165, 1.54) is 10.9 Å². The van der Waals surface area contributed by atoms with Crippen molar-refractivity contribution in [3.8, 4) is 5.75 Å². The largest absolute Gasteiger partial charge is 0.482 e. The highest BCUT2D eigenvalue weighted by molar-refractivity contribution is 7.20. The molecule has 0 fully saturated rings. The molecule has 2 aromatic heterocycles. The number of ketones is 1. The van der Waals surface area contributed by atoms with Gasteiger partial charge >= 0.3 is 0 Å². The number of rotatable bonds is 7. The zero-order valence-electron chi connectivity index (χ0n) is 23.0. The Balaban J connectivity index is 1.46. The molecule has 0 saturated carbocycles. The number of anilines is 2. The van der Waals surface area contributed by atoms with E-state index in [1.807, 2.05) is 39.0 Å². The van der Waals surface area contributed by atoms with Gasteiger partial charge in [0.2, 0.25) is 0 Å². The highest BCUT2D eigenvalue weighted by Crippen LogP contribution is 2.34. The average Bonchev–Trinajstić information content (AvgIpc) is 3.28. The highest BCUT2D eigenvalue weighted by atomic mass is 32.1. The molecule has 206 valence electrons. The predicted octanol–water partition coefficient (Wildman–Crippen LogP) is 5.21. The number of hydrogen-bond donors (Lipinski definition) is 1. The Hall–Kier alpha value is -4.31. The number of amides is 2. The number of Topliss-reactive ketones (excluding diaryl/α,β-unsaturated/α-hetero) is 1. The summed E-state index contributed by atoms with van der Waals surface area (Å²) in [5, 5.41) is 3.25. The molecular weight excluding hydrogens is 528 g/mol. The third-order valence-electron chi connectivity index (χ3n) is 7.14. The molecule has 1 N–H and O–H groups in total. The van der Waals surface area contributed by atoms with Crippen molar-refractivity contribution in [3.05, 3.63) is 80.2 Å². The number of thiophene rings is 1. The van der Waals surface area contributed by atoms with Gasteiger partial charge in [0, 0.05) is 17.8 Å². The van der Waals surface area contributed by atoms with Gasteiger partial charge in [-0.15, -0.1) is 11.3 Å². The van der Waals surface area contributed by atoms with Gasteiger partial charge in [0.15, 0.2) is 12.4 Å². The van der Waals surface area contributed by atoms with Crippen LogP contribution in [0.2, 0.25) is 0 Å². The Morgan fingerprint density at radius 1 is 1.12 bits per heavy atom. The lowest BCUT2D eigenvalue weighted by Gasteiger charge is -2.29. The zero-order chi connectivity index (χ0) is 28.7. The van der Waals surface area contributed by atoms with Crippen LogP contribution in [0.15, 0.2) is 47.5 Å². The fraction of sp³-hybridized carbons (Fsp3) is 0.300. The molecule has 5 rings (SSSR count). The van der Waals surface area contributed by atoms with Crippen LogP contribution in [0.25, 0.3) is 10.2 Å². The van der Waals surface area contributed by atoms with Gasteiger partial charge in [-0.25, -0.2) is 4.98 Å². The number of ether oxygens (including phenoxy) is 1. The second-order valence-corrected chi connectivity index (χ2v) is 11.0. The molecule has 4 aromatic rings. The fourth-order valence-electron chi connectivity index (χ4n) is 4.95. The second kappa shape index (κ2) is 10.7. The van der Waals surface area contributed by atoms with Crippen LogP contribution in [0.1, 0.15) is 63.0 Å². The third-order valence-corrected chi connectivity index (χ3v) is 8.34. The third kappa shape index (κ3) is 4.79. The lowest BCUT2D eigenvalue weighted by Crippen LogP contribution is -2.39. The van der Waals surface area contributed by atoms with Crippen molar-refractivity contribution in [3.63, 3.8) is 0 Å². The number of aryl methyl sites for hydroxylation is 3. The molecule has 0 spiro atoms. The highest BCUT2D eigenvalue weighted by Gasteiger charge is 2.28. The Kier molecular flexibility index (Phi) is 7.29. The van der Waals surface area contributed by atoms with Crippen molar-refractivity contribution >= 4 is 50.5 Å². The summed E-state index contributed by atoms with van der Waals surface area (Å²) in [4.78, 5) is 59.6. The van der Waals surface area contributed by atoms with Crippen molar-refractivity contribution in [2.24, 2.45) is 0 Å². The number of aromatic nitrogens is 2. The lowest BCUT2D eigenvalue weighted by atomic mass is 10.0. The molecule has 0 radical (unpaired) electrons. The quantitative estimate of drug-likeness (QED) is 0.312. The maximum absolute atomic E-state index is 13.6. The molecule has 0 aliphatic carbocycles. The zero-order valence-corrected chi connectivity index (χ0v) is 23.8. The van der Waals surface area contributed by atoms with Crippen molar-refractivity contribution in [2.45, 2.75) is 47.1 Å². The molecule has 1 atom stereocenters. The smallest absolute Gasteiger partial charge is 0.266 e. The molecule has 40 heavy (non-hydrogen) atoms. The molecule has 2 aromatic carbocycles. The van der Waals surface area contributed by atoms with E-state index in [2.05, 4.69) is 10.3 Å². The molecule has 3 heterocycles. The van der Waals surface area contributed by atoms with Crippen LogP contribution in [0, 0.1) is 20.8 Å². The van der Waals surface area contributed by atoms with E-state index in [-0.39, 0.29) is 24.2 Å². The number of fused-ring (bicyclic) bond motifs is 2. The molecule has 0 saturated heterocycles. The van der Waals surface area contributed by atoms with Crippen LogP contribution >= 0.6 is 11.3 Å². The SMILES string of the molecule is CCCN1C(=O)COc2ccc(C(=O)C(C)n3cnc4sc(C(=O)Nc5ccc(C)cc5C)c(C)c4c3=O)cc21.